The molecule has 0 N–H and O–H groups in total. The summed E-state index contributed by atoms with van der Waals surface area (Å²) >= 11 is 3.33. The Hall–Kier alpha value is -0.410. The van der Waals surface area contributed by atoms with Crippen LogP contribution in [0.25, 0.3) is 0 Å². The monoisotopic (exact) mass is 260 g/mol. The molecule has 3 heteroatoms. The van der Waals surface area contributed by atoms with Gasteiger partial charge >= 0.3 is 0 Å². The second kappa shape index (κ2) is 6.14. The van der Waals surface area contributed by atoms with Crippen molar-refractivity contribution in [3.8, 4) is 0 Å². The second-order valence-electron chi connectivity index (χ2n) is 3.04. The molecule has 0 aliphatic carbocycles. The van der Waals surface area contributed by atoms with Crippen LogP contribution in [-0.2, 0) is 4.74 Å². The molecular weight excluding hydrogens is 247 g/mol. The normalized spacial score (nSPS) is 12.8. The van der Waals surface area contributed by atoms with Gasteiger partial charge in [0.2, 0.25) is 0 Å². The Morgan fingerprint density at radius 3 is 2.71 bits per heavy atom. The minimum absolute atomic E-state index is 0.184. The first-order chi connectivity index (χ1) is 6.79. The predicted molar refractivity (Wildman–Crippen MR) is 59.2 cm³/mol. The summed E-state index contributed by atoms with van der Waals surface area (Å²) in [6.07, 6.45) is 0.758. The quantitative estimate of drug-likeness (QED) is 0.734. The first kappa shape index (κ1) is 11.7. The summed E-state index contributed by atoms with van der Waals surface area (Å²) in [6, 6.07) is 6.73. The van der Waals surface area contributed by atoms with Gasteiger partial charge in [-0.1, -0.05) is 41.1 Å². The average molecular weight is 261 g/mol. The summed E-state index contributed by atoms with van der Waals surface area (Å²) in [5, 5.41) is 0.619. The molecule has 1 aromatic carbocycles. The van der Waals surface area contributed by atoms with Crippen LogP contribution in [0.5, 0.6) is 0 Å². The Morgan fingerprint density at radius 2 is 2.14 bits per heavy atom. The minimum Gasteiger partial charge on any atom is -0.373 e. The summed E-state index contributed by atoms with van der Waals surface area (Å²) in [5.41, 5.74) is 0.623. The lowest BCUT2D eigenvalue weighted by molar-refractivity contribution is 0.0679. The molecule has 0 saturated heterocycles. The van der Waals surface area contributed by atoms with Crippen LogP contribution in [0, 0.1) is 5.82 Å². The highest BCUT2D eigenvalue weighted by Gasteiger charge is 2.13. The highest BCUT2D eigenvalue weighted by molar-refractivity contribution is 9.09. The third kappa shape index (κ3) is 3.07. The fourth-order valence-electron chi connectivity index (χ4n) is 1.21. The van der Waals surface area contributed by atoms with Crippen LogP contribution < -0.4 is 0 Å². The first-order valence-electron chi connectivity index (χ1n) is 4.71. The fourth-order valence-corrected chi connectivity index (χ4v) is 1.75. The van der Waals surface area contributed by atoms with Crippen LogP contribution in [-0.4, -0.2) is 11.9 Å². The van der Waals surface area contributed by atoms with Gasteiger partial charge in [0, 0.05) is 17.5 Å². The van der Waals surface area contributed by atoms with Crippen LogP contribution in [0.15, 0.2) is 24.3 Å². The Bertz CT molecular complexity index is 278. The smallest absolute Gasteiger partial charge is 0.129 e. The standard InChI is InChI=1S/C11H14BrFO/c1-2-7-14-11(8-12)9-5-3-4-6-10(9)13/h3-6,11H,2,7-8H2,1H3. The van der Waals surface area contributed by atoms with Crippen LogP contribution in [0.3, 0.4) is 0 Å². The Labute approximate surface area is 92.4 Å². The van der Waals surface area contributed by atoms with Gasteiger partial charge in [0.05, 0.1) is 6.10 Å². The maximum Gasteiger partial charge on any atom is 0.129 e. The average Bonchev–Trinajstić information content (AvgIpc) is 2.21. The van der Waals surface area contributed by atoms with Crippen molar-refractivity contribution in [1.82, 2.24) is 0 Å². The van der Waals surface area contributed by atoms with E-state index in [0.29, 0.717) is 17.5 Å². The molecule has 14 heavy (non-hydrogen) atoms. The van der Waals surface area contributed by atoms with Gasteiger partial charge in [-0.25, -0.2) is 4.39 Å². The minimum atomic E-state index is -0.201. The summed E-state index contributed by atoms with van der Waals surface area (Å²) in [6.45, 7) is 2.69. The highest BCUT2D eigenvalue weighted by Crippen LogP contribution is 2.22. The molecular formula is C11H14BrFO. The van der Waals surface area contributed by atoms with E-state index in [1.165, 1.54) is 6.07 Å². The largest absolute Gasteiger partial charge is 0.373 e. The molecule has 0 heterocycles. The van der Waals surface area contributed by atoms with Crippen molar-refractivity contribution in [3.63, 3.8) is 0 Å². The summed E-state index contributed by atoms with van der Waals surface area (Å²) < 4.78 is 18.9. The topological polar surface area (TPSA) is 9.23 Å². The summed E-state index contributed by atoms with van der Waals surface area (Å²) in [7, 11) is 0. The number of hydrogen-bond donors (Lipinski definition) is 0. The highest BCUT2D eigenvalue weighted by atomic mass is 79.9. The second-order valence-corrected chi connectivity index (χ2v) is 3.68. The maximum atomic E-state index is 13.4. The van der Waals surface area contributed by atoms with Gasteiger partial charge < -0.3 is 4.74 Å². The van der Waals surface area contributed by atoms with E-state index in [0.717, 1.165) is 6.42 Å². The van der Waals surface area contributed by atoms with Gasteiger partial charge in [-0.3, -0.25) is 0 Å². The zero-order chi connectivity index (χ0) is 10.4. The molecule has 1 atom stereocenters. The van der Waals surface area contributed by atoms with Crippen molar-refractivity contribution in [2.45, 2.75) is 19.4 Å². The van der Waals surface area contributed by atoms with Crippen molar-refractivity contribution >= 4 is 15.9 Å². The molecule has 0 fully saturated rings. The molecule has 0 aliphatic rings. The molecule has 78 valence electrons. The molecule has 1 rings (SSSR count). The molecule has 0 bridgehead atoms. The first-order valence-corrected chi connectivity index (χ1v) is 5.83. The van der Waals surface area contributed by atoms with Crippen LogP contribution in [0.4, 0.5) is 4.39 Å². The van der Waals surface area contributed by atoms with Crippen molar-refractivity contribution in [3.05, 3.63) is 35.6 Å². The van der Waals surface area contributed by atoms with Gasteiger partial charge in [0.1, 0.15) is 5.82 Å². The Morgan fingerprint density at radius 1 is 1.43 bits per heavy atom. The molecule has 1 unspecified atom stereocenters. The lowest BCUT2D eigenvalue weighted by atomic mass is 10.1. The van der Waals surface area contributed by atoms with E-state index < -0.39 is 0 Å². The third-order valence-electron chi connectivity index (χ3n) is 1.92. The Balaban J connectivity index is 2.73. The SMILES string of the molecule is CCCOC(CBr)c1ccccc1F. The van der Waals surface area contributed by atoms with E-state index in [-0.39, 0.29) is 11.9 Å². The van der Waals surface area contributed by atoms with E-state index in [2.05, 4.69) is 15.9 Å². The number of hydrogen-bond acceptors (Lipinski definition) is 1. The van der Waals surface area contributed by atoms with E-state index in [1.807, 2.05) is 13.0 Å². The molecule has 0 aromatic heterocycles. The van der Waals surface area contributed by atoms with E-state index in [1.54, 1.807) is 12.1 Å². The van der Waals surface area contributed by atoms with Crippen LogP contribution in [0.2, 0.25) is 0 Å². The summed E-state index contributed by atoms with van der Waals surface area (Å²) in [5.74, 6) is -0.201. The van der Waals surface area contributed by atoms with Gasteiger partial charge in [0.25, 0.3) is 0 Å². The molecule has 0 amide bonds. The van der Waals surface area contributed by atoms with Crippen molar-refractivity contribution in [2.75, 3.05) is 11.9 Å². The van der Waals surface area contributed by atoms with Crippen LogP contribution >= 0.6 is 15.9 Å². The molecule has 1 aromatic rings. The zero-order valence-corrected chi connectivity index (χ0v) is 9.76. The van der Waals surface area contributed by atoms with Crippen molar-refractivity contribution in [1.29, 1.82) is 0 Å². The lowest BCUT2D eigenvalue weighted by Crippen LogP contribution is -2.08. The number of alkyl halides is 1. The summed E-state index contributed by atoms with van der Waals surface area (Å²) in [4.78, 5) is 0. The number of ether oxygens (including phenoxy) is 1. The lowest BCUT2D eigenvalue weighted by Gasteiger charge is -2.15. The van der Waals surface area contributed by atoms with Crippen LogP contribution in [0.1, 0.15) is 25.0 Å². The van der Waals surface area contributed by atoms with E-state index in [9.17, 15) is 4.39 Å². The number of benzene rings is 1. The van der Waals surface area contributed by atoms with E-state index >= 15 is 0 Å². The predicted octanol–water partition coefficient (Wildman–Crippen LogP) is 3.69. The molecule has 0 saturated carbocycles. The fraction of sp³-hybridized carbons (Fsp3) is 0.455. The molecule has 0 spiro atoms. The molecule has 0 aliphatic heterocycles. The molecule has 1 nitrogen and oxygen atoms in total. The van der Waals surface area contributed by atoms with Gasteiger partial charge in [0.15, 0.2) is 0 Å². The third-order valence-corrected chi connectivity index (χ3v) is 2.50. The van der Waals surface area contributed by atoms with Gasteiger partial charge in [-0.2, -0.15) is 0 Å². The zero-order valence-electron chi connectivity index (χ0n) is 8.17. The molecule has 0 radical (unpaired) electrons. The van der Waals surface area contributed by atoms with Crippen molar-refractivity contribution in [2.24, 2.45) is 0 Å². The number of rotatable bonds is 5. The van der Waals surface area contributed by atoms with Gasteiger partial charge in [-0.05, 0) is 12.5 Å². The maximum absolute atomic E-state index is 13.4. The number of halogens is 2. The van der Waals surface area contributed by atoms with Crippen molar-refractivity contribution < 1.29 is 9.13 Å². The van der Waals surface area contributed by atoms with E-state index in [4.69, 9.17) is 4.74 Å². The van der Waals surface area contributed by atoms with Gasteiger partial charge in [-0.15, -0.1) is 0 Å². The Kier molecular flexibility index (Phi) is 5.12.